The van der Waals surface area contributed by atoms with Crippen LogP contribution in [0, 0.1) is 0 Å². The van der Waals surface area contributed by atoms with E-state index < -0.39 is 6.10 Å². The summed E-state index contributed by atoms with van der Waals surface area (Å²) in [6.45, 7) is 2.70. The van der Waals surface area contributed by atoms with Crippen molar-refractivity contribution in [3.8, 4) is 5.75 Å². The highest BCUT2D eigenvalue weighted by molar-refractivity contribution is 9.10. The van der Waals surface area contributed by atoms with Crippen LogP contribution in [0.4, 0.5) is 0 Å². The van der Waals surface area contributed by atoms with Gasteiger partial charge in [-0.1, -0.05) is 28.9 Å². The molecule has 0 fully saturated rings. The largest absolute Gasteiger partial charge is 0.491 e. The minimum atomic E-state index is -0.593. The molecule has 0 unspecified atom stereocenters. The zero-order chi connectivity index (χ0) is 13.4. The molecule has 0 saturated heterocycles. The Bertz CT molecular complexity index is 345. The van der Waals surface area contributed by atoms with E-state index in [2.05, 4.69) is 21.2 Å². The maximum absolute atomic E-state index is 9.74. The molecule has 0 aliphatic heterocycles. The molecule has 0 amide bonds. The maximum Gasteiger partial charge on any atom is 0.120 e. The SMILES string of the molecule is CC[C@H](CO)NC[C@H](O)COc1cccc(Br)c1. The third-order valence-electron chi connectivity index (χ3n) is 2.59. The molecule has 0 aromatic heterocycles. The van der Waals surface area contributed by atoms with Crippen molar-refractivity contribution >= 4 is 15.9 Å². The molecule has 1 rings (SSSR count). The second-order valence-corrected chi connectivity index (χ2v) is 5.03. The Morgan fingerprint density at radius 1 is 1.44 bits per heavy atom. The number of ether oxygens (including phenoxy) is 1. The molecule has 4 nitrogen and oxygen atoms in total. The standard InChI is InChI=1S/C13H20BrNO3/c1-2-11(8-16)15-7-12(17)9-18-13-5-3-4-10(14)6-13/h3-6,11-12,15-17H,2,7-9H2,1H3/t11-,12+/m1/s1. The highest BCUT2D eigenvalue weighted by Gasteiger charge is 2.09. The Hall–Kier alpha value is -0.620. The quantitative estimate of drug-likeness (QED) is 0.681. The highest BCUT2D eigenvalue weighted by Crippen LogP contribution is 2.17. The summed E-state index contributed by atoms with van der Waals surface area (Å²) in [6, 6.07) is 7.52. The third kappa shape index (κ3) is 5.82. The predicted octanol–water partition coefficient (Wildman–Crippen LogP) is 1.55. The average Bonchev–Trinajstić information content (AvgIpc) is 2.37. The van der Waals surface area contributed by atoms with Gasteiger partial charge in [0.15, 0.2) is 0 Å². The van der Waals surface area contributed by atoms with Gasteiger partial charge in [-0.2, -0.15) is 0 Å². The van der Waals surface area contributed by atoms with Crippen LogP contribution in [0.3, 0.4) is 0 Å². The Labute approximate surface area is 116 Å². The first-order valence-corrected chi connectivity index (χ1v) is 6.85. The summed E-state index contributed by atoms with van der Waals surface area (Å²) in [7, 11) is 0. The summed E-state index contributed by atoms with van der Waals surface area (Å²) >= 11 is 3.36. The number of hydrogen-bond donors (Lipinski definition) is 3. The Morgan fingerprint density at radius 3 is 2.83 bits per heavy atom. The molecule has 0 aliphatic rings. The average molecular weight is 318 g/mol. The van der Waals surface area contributed by atoms with Gasteiger partial charge in [0.1, 0.15) is 18.5 Å². The van der Waals surface area contributed by atoms with Gasteiger partial charge in [-0.3, -0.25) is 0 Å². The number of rotatable bonds is 8. The van der Waals surface area contributed by atoms with Crippen molar-refractivity contribution in [2.24, 2.45) is 0 Å². The van der Waals surface area contributed by atoms with E-state index in [0.717, 1.165) is 16.6 Å². The molecule has 1 aromatic carbocycles. The van der Waals surface area contributed by atoms with Gasteiger partial charge in [-0.05, 0) is 24.6 Å². The zero-order valence-corrected chi connectivity index (χ0v) is 12.1. The van der Waals surface area contributed by atoms with Gasteiger partial charge in [0.2, 0.25) is 0 Å². The first-order chi connectivity index (χ1) is 8.65. The molecule has 0 aliphatic carbocycles. The lowest BCUT2D eigenvalue weighted by atomic mass is 10.2. The number of halogens is 1. The van der Waals surface area contributed by atoms with E-state index >= 15 is 0 Å². The lowest BCUT2D eigenvalue weighted by molar-refractivity contribution is 0.0994. The van der Waals surface area contributed by atoms with E-state index in [1.54, 1.807) is 0 Å². The van der Waals surface area contributed by atoms with Crippen LogP contribution in [0.25, 0.3) is 0 Å². The lowest BCUT2D eigenvalue weighted by Crippen LogP contribution is -2.39. The minimum Gasteiger partial charge on any atom is -0.491 e. The third-order valence-corrected chi connectivity index (χ3v) is 3.09. The fourth-order valence-corrected chi connectivity index (χ4v) is 1.83. The maximum atomic E-state index is 9.74. The van der Waals surface area contributed by atoms with Crippen molar-refractivity contribution in [2.45, 2.75) is 25.5 Å². The van der Waals surface area contributed by atoms with Crippen LogP contribution in [-0.2, 0) is 0 Å². The molecule has 102 valence electrons. The molecule has 1 aromatic rings. The summed E-state index contributed by atoms with van der Waals surface area (Å²) in [6.07, 6.45) is 0.236. The first-order valence-electron chi connectivity index (χ1n) is 6.06. The molecule has 0 heterocycles. The van der Waals surface area contributed by atoms with Crippen LogP contribution in [0.1, 0.15) is 13.3 Å². The Balaban J connectivity index is 2.26. The van der Waals surface area contributed by atoms with Gasteiger partial charge in [0.25, 0.3) is 0 Å². The summed E-state index contributed by atoms with van der Waals surface area (Å²) in [5.74, 6) is 0.720. The molecule has 18 heavy (non-hydrogen) atoms. The molecule has 0 spiro atoms. The second-order valence-electron chi connectivity index (χ2n) is 4.12. The topological polar surface area (TPSA) is 61.7 Å². The van der Waals surface area contributed by atoms with E-state index in [4.69, 9.17) is 9.84 Å². The molecule has 3 N–H and O–H groups in total. The van der Waals surface area contributed by atoms with Gasteiger partial charge >= 0.3 is 0 Å². The number of aliphatic hydroxyl groups excluding tert-OH is 2. The predicted molar refractivity (Wildman–Crippen MR) is 74.8 cm³/mol. The van der Waals surface area contributed by atoms with Crippen molar-refractivity contribution in [1.29, 1.82) is 0 Å². The lowest BCUT2D eigenvalue weighted by Gasteiger charge is -2.17. The Kier molecular flexibility index (Phi) is 7.27. The van der Waals surface area contributed by atoms with Crippen molar-refractivity contribution < 1.29 is 14.9 Å². The van der Waals surface area contributed by atoms with Crippen LogP contribution >= 0.6 is 15.9 Å². The highest BCUT2D eigenvalue weighted by atomic mass is 79.9. The van der Waals surface area contributed by atoms with E-state index in [1.807, 2.05) is 31.2 Å². The summed E-state index contributed by atoms with van der Waals surface area (Å²) in [4.78, 5) is 0. The van der Waals surface area contributed by atoms with Gasteiger partial charge in [-0.15, -0.1) is 0 Å². The summed E-state index contributed by atoms with van der Waals surface area (Å²) in [5, 5.41) is 21.8. The molecule has 5 heteroatoms. The van der Waals surface area contributed by atoms with Crippen LogP contribution in [0.5, 0.6) is 5.75 Å². The van der Waals surface area contributed by atoms with Crippen LogP contribution in [-0.4, -0.2) is 42.1 Å². The van der Waals surface area contributed by atoms with Crippen LogP contribution in [0.2, 0.25) is 0 Å². The van der Waals surface area contributed by atoms with Crippen LogP contribution in [0.15, 0.2) is 28.7 Å². The van der Waals surface area contributed by atoms with Gasteiger partial charge in [0, 0.05) is 17.1 Å². The molecular formula is C13H20BrNO3. The van der Waals surface area contributed by atoms with E-state index in [9.17, 15) is 5.11 Å². The Morgan fingerprint density at radius 2 is 2.22 bits per heavy atom. The normalized spacial score (nSPS) is 14.2. The second kappa shape index (κ2) is 8.48. The summed E-state index contributed by atoms with van der Waals surface area (Å²) < 4.78 is 6.41. The van der Waals surface area contributed by atoms with E-state index in [1.165, 1.54) is 0 Å². The molecular weight excluding hydrogens is 298 g/mol. The molecule has 0 saturated carbocycles. The van der Waals surface area contributed by atoms with Crippen molar-refractivity contribution in [3.05, 3.63) is 28.7 Å². The van der Waals surface area contributed by atoms with E-state index in [-0.39, 0.29) is 19.3 Å². The van der Waals surface area contributed by atoms with Gasteiger partial charge in [0.05, 0.1) is 6.61 Å². The van der Waals surface area contributed by atoms with E-state index in [0.29, 0.717) is 6.54 Å². The van der Waals surface area contributed by atoms with Gasteiger partial charge < -0.3 is 20.3 Å². The number of hydrogen-bond acceptors (Lipinski definition) is 4. The fraction of sp³-hybridized carbons (Fsp3) is 0.538. The number of nitrogens with one attached hydrogen (secondary N) is 1. The van der Waals surface area contributed by atoms with Gasteiger partial charge in [-0.25, -0.2) is 0 Å². The van der Waals surface area contributed by atoms with Crippen LogP contribution < -0.4 is 10.1 Å². The molecule has 2 atom stereocenters. The monoisotopic (exact) mass is 317 g/mol. The first kappa shape index (κ1) is 15.4. The number of benzene rings is 1. The van der Waals surface area contributed by atoms with Crippen molar-refractivity contribution in [2.75, 3.05) is 19.8 Å². The minimum absolute atomic E-state index is 0.0329. The zero-order valence-electron chi connectivity index (χ0n) is 10.5. The smallest absolute Gasteiger partial charge is 0.120 e. The fourth-order valence-electron chi connectivity index (χ4n) is 1.45. The molecule has 0 bridgehead atoms. The van der Waals surface area contributed by atoms with Crippen molar-refractivity contribution in [1.82, 2.24) is 5.32 Å². The number of aliphatic hydroxyl groups is 2. The molecule has 0 radical (unpaired) electrons. The van der Waals surface area contributed by atoms with Crippen molar-refractivity contribution in [3.63, 3.8) is 0 Å². The summed E-state index contributed by atoms with van der Waals surface area (Å²) in [5.41, 5.74) is 0.